The molecule has 7 nitrogen and oxygen atoms in total. The van der Waals surface area contributed by atoms with Crippen molar-refractivity contribution in [3.05, 3.63) is 11.8 Å². The number of rotatable bonds is 3. The number of hydrogen-bond acceptors (Lipinski definition) is 7. The fourth-order valence-electron chi connectivity index (χ4n) is 4.09. The van der Waals surface area contributed by atoms with E-state index in [0.29, 0.717) is 13.1 Å². The van der Waals surface area contributed by atoms with Crippen LogP contribution in [0, 0.1) is 11.8 Å². The summed E-state index contributed by atoms with van der Waals surface area (Å²) in [6, 6.07) is 0.557. The van der Waals surface area contributed by atoms with Gasteiger partial charge in [0.15, 0.2) is 5.69 Å². The zero-order chi connectivity index (χ0) is 19.0. The van der Waals surface area contributed by atoms with E-state index in [1.165, 1.54) is 11.2 Å². The third-order valence-electron chi connectivity index (χ3n) is 5.69. The molecule has 0 spiro atoms. The topological polar surface area (TPSA) is 92.6 Å². The number of aromatic nitrogens is 2. The van der Waals surface area contributed by atoms with E-state index < -0.39 is 28.2 Å². The van der Waals surface area contributed by atoms with E-state index in [1.807, 2.05) is 0 Å². The zero-order valence-corrected chi connectivity index (χ0v) is 18.1. The average molecular weight is 416 g/mol. The van der Waals surface area contributed by atoms with Crippen LogP contribution in [0.1, 0.15) is 12.6 Å². The van der Waals surface area contributed by atoms with Crippen LogP contribution in [0.2, 0.25) is 0 Å². The Morgan fingerprint density at radius 3 is 2.30 bits per heavy atom. The van der Waals surface area contributed by atoms with Gasteiger partial charge in [-0.05, 0) is 25.0 Å². The molecule has 5 atom stereocenters. The second-order valence-corrected chi connectivity index (χ2v) is 9.92. The Morgan fingerprint density at radius 2 is 1.85 bits per heavy atom. The molecule has 1 saturated carbocycles. The van der Waals surface area contributed by atoms with Crippen molar-refractivity contribution in [2.45, 2.75) is 30.5 Å². The molecule has 0 bridgehead atoms. The number of β-amino-alcohol motifs (C(OH)–C–C–N with tert-alkyl or cyclic N) is 1. The Hall–Kier alpha value is -0.460. The van der Waals surface area contributed by atoms with E-state index in [4.69, 9.17) is 0 Å². The second kappa shape index (κ2) is 6.81. The minimum absolute atomic E-state index is 0. The minimum atomic E-state index is -4.61. The third-order valence-corrected chi connectivity index (χ3v) is 7.54. The first-order valence-corrected chi connectivity index (χ1v) is 10.5. The number of halogens is 3. The average Bonchev–Trinajstić information content (AvgIpc) is 3.08. The maximum atomic E-state index is 13.2. The van der Waals surface area contributed by atoms with Gasteiger partial charge >= 0.3 is 35.7 Å². The van der Waals surface area contributed by atoms with Crippen molar-refractivity contribution in [2.75, 3.05) is 35.7 Å². The fourth-order valence-corrected chi connectivity index (χ4v) is 6.01. The van der Waals surface area contributed by atoms with Crippen LogP contribution in [0.5, 0.6) is 0 Å². The van der Waals surface area contributed by atoms with Crippen molar-refractivity contribution in [3.63, 3.8) is 0 Å². The smallest absolute Gasteiger partial charge is 0.771 e. The van der Waals surface area contributed by atoms with Crippen LogP contribution in [-0.4, -0.2) is 67.1 Å². The van der Waals surface area contributed by atoms with E-state index in [-0.39, 0.29) is 71.0 Å². The van der Waals surface area contributed by atoms with Gasteiger partial charge in [-0.15, -0.1) is 0 Å². The summed E-state index contributed by atoms with van der Waals surface area (Å²) in [6.45, 7) is 2.63. The predicted molar refractivity (Wildman–Crippen MR) is 89.1 cm³/mol. The van der Waals surface area contributed by atoms with Gasteiger partial charge in [0, 0.05) is 31.0 Å². The standard InChI is InChI=1S/C15H21F3N4O3S.Na/c1-7-10(23)6-22(7)14-19-11(15(16,17)18)3-12(20-14)21-4-8-9(5-21)13(8)26(2,24)25;/h3,7-10,13,23,26H,4-6H2,1-2H3,(H,24,25);/q;+1/p-1/t7-,8-,9+,10+,13-;/m0./s1. The molecule has 27 heavy (non-hydrogen) atoms. The van der Waals surface area contributed by atoms with Gasteiger partial charge in [-0.3, -0.25) is 0 Å². The summed E-state index contributed by atoms with van der Waals surface area (Å²) in [5.41, 5.74) is -1.03. The SMILES string of the molecule is C[C@H]1[C@H](O)CN1c1nc(N2C[C@@H]3[C@H](C2)[C@@H]3[SH](C)(=O)[O-])cc(C(F)(F)F)n1.[Na+]. The van der Waals surface area contributed by atoms with Crippen LogP contribution in [0.4, 0.5) is 24.9 Å². The van der Waals surface area contributed by atoms with Gasteiger partial charge < -0.3 is 29.7 Å². The second-order valence-electron chi connectivity index (χ2n) is 7.50. The summed E-state index contributed by atoms with van der Waals surface area (Å²) in [7, 11) is -3.42. The Morgan fingerprint density at radius 1 is 1.26 bits per heavy atom. The molecule has 1 aromatic heterocycles. The van der Waals surface area contributed by atoms with Crippen LogP contribution in [0.25, 0.3) is 0 Å². The van der Waals surface area contributed by atoms with Crippen LogP contribution in [-0.2, 0) is 16.4 Å². The number of fused-ring (bicyclic) bond motifs is 1. The number of piperidine rings is 1. The maximum Gasteiger partial charge on any atom is 1.00 e. The number of anilines is 2. The Kier molecular flexibility index (Phi) is 5.36. The molecular formula is C15H20F3N4NaO3S. The van der Waals surface area contributed by atoms with E-state index >= 15 is 0 Å². The molecule has 0 amide bonds. The molecule has 4 rings (SSSR count). The van der Waals surface area contributed by atoms with Crippen LogP contribution in [0.3, 0.4) is 0 Å². The summed E-state index contributed by atoms with van der Waals surface area (Å²) < 4.78 is 63.1. The van der Waals surface area contributed by atoms with Gasteiger partial charge in [0.2, 0.25) is 5.95 Å². The fraction of sp³-hybridized carbons (Fsp3) is 0.733. The number of thiol groups is 1. The van der Waals surface area contributed by atoms with E-state index in [1.54, 1.807) is 11.8 Å². The Labute approximate surface area is 177 Å². The molecule has 0 radical (unpaired) electrons. The van der Waals surface area contributed by atoms with Gasteiger partial charge in [0.05, 0.1) is 12.1 Å². The van der Waals surface area contributed by atoms with E-state index in [9.17, 15) is 27.0 Å². The van der Waals surface area contributed by atoms with Crippen molar-refractivity contribution < 1.29 is 56.6 Å². The molecule has 3 heterocycles. The summed E-state index contributed by atoms with van der Waals surface area (Å²) in [5, 5.41) is 9.25. The molecule has 12 heteroatoms. The first-order valence-electron chi connectivity index (χ1n) is 8.41. The summed E-state index contributed by atoms with van der Waals surface area (Å²) in [5.74, 6) is 0.00937. The zero-order valence-electron chi connectivity index (χ0n) is 15.2. The van der Waals surface area contributed by atoms with Gasteiger partial charge in [-0.1, -0.05) is 0 Å². The first kappa shape index (κ1) is 21.3. The molecule has 1 N–H and O–H groups in total. The monoisotopic (exact) mass is 416 g/mol. The van der Waals surface area contributed by atoms with Crippen molar-refractivity contribution >= 4 is 22.0 Å². The number of hydrogen-bond donors (Lipinski definition) is 2. The summed E-state index contributed by atoms with van der Waals surface area (Å²) in [6.07, 6.45) is -4.01. The molecule has 0 unspecified atom stereocenters. The van der Waals surface area contributed by atoms with Crippen LogP contribution >= 0.6 is 0 Å². The molecule has 3 fully saturated rings. The molecule has 2 aliphatic heterocycles. The summed E-state index contributed by atoms with van der Waals surface area (Å²) >= 11 is 0. The van der Waals surface area contributed by atoms with Crippen molar-refractivity contribution in [3.8, 4) is 0 Å². The van der Waals surface area contributed by atoms with Gasteiger partial charge in [0.1, 0.15) is 5.82 Å². The van der Waals surface area contributed by atoms with Crippen molar-refractivity contribution in [2.24, 2.45) is 11.8 Å². The quantitative estimate of drug-likeness (QED) is 0.409. The molecule has 1 aliphatic carbocycles. The van der Waals surface area contributed by atoms with Crippen LogP contribution in [0.15, 0.2) is 6.07 Å². The molecule has 1 aromatic rings. The number of aliphatic hydroxyl groups is 1. The third kappa shape index (κ3) is 3.74. The van der Waals surface area contributed by atoms with E-state index in [2.05, 4.69) is 9.97 Å². The van der Waals surface area contributed by atoms with Crippen LogP contribution < -0.4 is 39.4 Å². The van der Waals surface area contributed by atoms with Gasteiger partial charge in [-0.2, -0.15) is 18.2 Å². The number of aliphatic hydroxyl groups excluding tert-OH is 1. The minimum Gasteiger partial charge on any atom is -0.771 e. The normalized spacial score (nSPS) is 33.2. The van der Waals surface area contributed by atoms with Gasteiger partial charge in [0.25, 0.3) is 0 Å². The number of nitrogens with zero attached hydrogens (tertiary/aromatic N) is 4. The van der Waals surface area contributed by atoms with Crippen molar-refractivity contribution in [1.29, 1.82) is 0 Å². The summed E-state index contributed by atoms with van der Waals surface area (Å²) in [4.78, 5) is 11.1. The van der Waals surface area contributed by atoms with E-state index in [0.717, 1.165) is 6.07 Å². The number of alkyl halides is 3. The van der Waals surface area contributed by atoms with Gasteiger partial charge in [-0.25, -0.2) is 9.19 Å². The maximum absolute atomic E-state index is 13.2. The molecular weight excluding hydrogens is 396 g/mol. The number of sulfone groups is 1. The largest absolute Gasteiger partial charge is 1.00 e. The Balaban J connectivity index is 0.00000210. The molecule has 146 valence electrons. The first-order chi connectivity index (χ1) is 12.0. The Bertz CT molecular complexity index is 780. The van der Waals surface area contributed by atoms with Crippen molar-refractivity contribution in [1.82, 2.24) is 9.97 Å². The molecule has 3 aliphatic rings. The molecule has 2 saturated heterocycles. The predicted octanol–water partition coefficient (Wildman–Crippen LogP) is -2.72. The molecule has 0 aromatic carbocycles.